The van der Waals surface area contributed by atoms with Crippen molar-refractivity contribution in [3.8, 4) is 17.5 Å². The van der Waals surface area contributed by atoms with Crippen LogP contribution in [-0.2, 0) is 10.0 Å². The molecule has 8 nitrogen and oxygen atoms in total. The summed E-state index contributed by atoms with van der Waals surface area (Å²) in [6.45, 7) is 1.17. The number of carbonyl (C=O) groups is 1. The highest BCUT2D eigenvalue weighted by Gasteiger charge is 2.25. The number of rotatable bonds is 6. The number of sulfonamides is 1. The fourth-order valence-electron chi connectivity index (χ4n) is 3.45. The van der Waals surface area contributed by atoms with E-state index in [1.165, 1.54) is 4.31 Å². The summed E-state index contributed by atoms with van der Waals surface area (Å²) in [5.74, 6) is 5.61. The highest BCUT2D eigenvalue weighted by molar-refractivity contribution is 7.89. The first-order valence-electron chi connectivity index (χ1n) is 10.4. The molecule has 2 aromatic heterocycles. The van der Waals surface area contributed by atoms with Gasteiger partial charge in [-0.3, -0.25) is 4.79 Å². The van der Waals surface area contributed by atoms with Crippen molar-refractivity contribution >= 4 is 15.9 Å². The second-order valence-electron chi connectivity index (χ2n) is 7.33. The summed E-state index contributed by atoms with van der Waals surface area (Å²) < 4.78 is 27.8. The predicted molar refractivity (Wildman–Crippen MR) is 121 cm³/mol. The van der Waals surface area contributed by atoms with Gasteiger partial charge >= 0.3 is 0 Å². The Hall–Kier alpha value is -3.48. The quantitative estimate of drug-likeness (QED) is 0.579. The van der Waals surface area contributed by atoms with Crippen molar-refractivity contribution in [2.24, 2.45) is 0 Å². The molecule has 1 amide bonds. The van der Waals surface area contributed by atoms with Crippen molar-refractivity contribution in [3.05, 3.63) is 77.9 Å². The number of amides is 1. The van der Waals surface area contributed by atoms with Gasteiger partial charge in [-0.15, -0.1) is 0 Å². The fourth-order valence-corrected chi connectivity index (χ4v) is 4.88. The minimum absolute atomic E-state index is 0.0491. The first kappa shape index (κ1) is 21.7. The van der Waals surface area contributed by atoms with Crippen LogP contribution in [0.25, 0.3) is 5.69 Å². The van der Waals surface area contributed by atoms with Crippen LogP contribution in [0.1, 0.15) is 34.5 Å². The maximum absolute atomic E-state index is 12.7. The number of carbonyl (C=O) groups excluding carboxylic acids is 1. The molecule has 1 aliphatic heterocycles. The summed E-state index contributed by atoms with van der Waals surface area (Å²) in [5, 5.41) is 6.96. The van der Waals surface area contributed by atoms with Crippen LogP contribution in [0.3, 0.4) is 0 Å². The summed E-state index contributed by atoms with van der Waals surface area (Å²) in [4.78, 5) is 16.9. The topological polar surface area (TPSA) is 97.2 Å². The minimum atomic E-state index is -3.34. The summed E-state index contributed by atoms with van der Waals surface area (Å²) in [5.41, 5.74) is 2.34. The summed E-state index contributed by atoms with van der Waals surface area (Å²) in [6, 6.07) is 12.4. The molecule has 1 N–H and O–H groups in total. The maximum atomic E-state index is 12.7. The lowest BCUT2D eigenvalue weighted by Crippen LogP contribution is -2.36. The van der Waals surface area contributed by atoms with Crippen molar-refractivity contribution in [1.82, 2.24) is 24.4 Å². The zero-order chi connectivity index (χ0) is 22.4. The lowest BCUT2D eigenvalue weighted by atomic mass is 10.1. The molecule has 1 aliphatic rings. The molecule has 0 saturated carbocycles. The van der Waals surface area contributed by atoms with Crippen molar-refractivity contribution in [1.29, 1.82) is 0 Å². The standard InChI is InChI=1S/C23H23N5O3S/c29-23(25-13-17-32(30,31)27-14-3-4-15-27)20-8-10-22(28-16-5-12-26-28)19(18-20)7-9-21-6-1-2-11-24-21/h1-2,5-6,8,10-12,16,18H,3-4,13-15,17H2,(H,25,29). The third kappa shape index (κ3) is 5.22. The third-order valence-electron chi connectivity index (χ3n) is 5.10. The Bertz CT molecular complexity index is 1240. The van der Waals surface area contributed by atoms with Gasteiger partial charge in [-0.2, -0.15) is 5.10 Å². The fraction of sp³-hybridized carbons (Fsp3) is 0.261. The molecule has 0 aliphatic carbocycles. The molecule has 0 spiro atoms. The third-order valence-corrected chi connectivity index (χ3v) is 6.98. The van der Waals surface area contributed by atoms with E-state index in [-0.39, 0.29) is 18.2 Å². The van der Waals surface area contributed by atoms with Crippen molar-refractivity contribution < 1.29 is 13.2 Å². The van der Waals surface area contributed by atoms with Gasteiger partial charge in [0.05, 0.1) is 17.0 Å². The number of aromatic nitrogens is 3. The number of pyridine rings is 1. The molecule has 0 bridgehead atoms. The van der Waals surface area contributed by atoms with Crippen molar-refractivity contribution in [2.45, 2.75) is 12.8 Å². The van der Waals surface area contributed by atoms with Crippen LogP contribution in [0.4, 0.5) is 0 Å². The molecule has 0 unspecified atom stereocenters. The van der Waals surface area contributed by atoms with Crippen molar-refractivity contribution in [2.75, 3.05) is 25.4 Å². The van der Waals surface area contributed by atoms with E-state index in [9.17, 15) is 13.2 Å². The van der Waals surface area contributed by atoms with Gasteiger partial charge in [0.2, 0.25) is 10.0 Å². The Kier molecular flexibility index (Phi) is 6.63. The molecule has 1 fully saturated rings. The normalized spacial score (nSPS) is 14.0. The lowest BCUT2D eigenvalue weighted by Gasteiger charge is -2.15. The molecular weight excluding hydrogens is 426 g/mol. The number of hydrogen-bond donors (Lipinski definition) is 1. The van der Waals surface area contributed by atoms with E-state index in [1.807, 2.05) is 12.1 Å². The average molecular weight is 450 g/mol. The van der Waals surface area contributed by atoms with Gasteiger partial charge in [0.15, 0.2) is 0 Å². The van der Waals surface area contributed by atoms with Gasteiger partial charge in [-0.05, 0) is 55.2 Å². The number of benzene rings is 1. The number of hydrogen-bond acceptors (Lipinski definition) is 5. The molecule has 4 rings (SSSR count). The Labute approximate surface area is 187 Å². The maximum Gasteiger partial charge on any atom is 0.251 e. The molecule has 9 heteroatoms. The highest BCUT2D eigenvalue weighted by atomic mass is 32.2. The van der Waals surface area contributed by atoms with Gasteiger partial charge < -0.3 is 5.32 Å². The van der Waals surface area contributed by atoms with E-state index in [0.717, 1.165) is 18.5 Å². The van der Waals surface area contributed by atoms with Crippen LogP contribution in [-0.4, -0.2) is 58.8 Å². The first-order chi connectivity index (χ1) is 15.5. The highest BCUT2D eigenvalue weighted by Crippen LogP contribution is 2.16. The Morgan fingerprint density at radius 1 is 1.06 bits per heavy atom. The van der Waals surface area contributed by atoms with E-state index in [1.54, 1.807) is 53.6 Å². The summed E-state index contributed by atoms with van der Waals surface area (Å²) >= 11 is 0. The van der Waals surface area contributed by atoms with Gasteiger partial charge in [0.25, 0.3) is 5.91 Å². The monoisotopic (exact) mass is 449 g/mol. The van der Waals surface area contributed by atoms with E-state index < -0.39 is 10.0 Å². The van der Waals surface area contributed by atoms with Gasteiger partial charge in [0, 0.05) is 43.8 Å². The average Bonchev–Trinajstić information content (AvgIpc) is 3.53. The van der Waals surface area contributed by atoms with Crippen LogP contribution in [0.2, 0.25) is 0 Å². The van der Waals surface area contributed by atoms with E-state index >= 15 is 0 Å². The van der Waals surface area contributed by atoms with Gasteiger partial charge in [-0.25, -0.2) is 22.4 Å². The Morgan fingerprint density at radius 2 is 1.91 bits per heavy atom. The largest absolute Gasteiger partial charge is 0.351 e. The van der Waals surface area contributed by atoms with Crippen LogP contribution in [0.15, 0.2) is 61.1 Å². The van der Waals surface area contributed by atoms with E-state index in [4.69, 9.17) is 0 Å². The molecule has 0 radical (unpaired) electrons. The molecule has 1 aromatic carbocycles. The molecular formula is C23H23N5O3S. The van der Waals surface area contributed by atoms with Crippen LogP contribution in [0, 0.1) is 11.8 Å². The molecule has 32 heavy (non-hydrogen) atoms. The molecule has 1 saturated heterocycles. The zero-order valence-electron chi connectivity index (χ0n) is 17.4. The number of nitrogens with zero attached hydrogens (tertiary/aromatic N) is 4. The molecule has 0 atom stereocenters. The smallest absolute Gasteiger partial charge is 0.251 e. The van der Waals surface area contributed by atoms with Gasteiger partial charge in [-0.1, -0.05) is 12.0 Å². The van der Waals surface area contributed by atoms with Crippen LogP contribution in [0.5, 0.6) is 0 Å². The van der Waals surface area contributed by atoms with Gasteiger partial charge in [0.1, 0.15) is 5.69 Å². The Balaban J connectivity index is 1.51. The van der Waals surface area contributed by atoms with Crippen molar-refractivity contribution in [3.63, 3.8) is 0 Å². The molecule has 164 valence electrons. The van der Waals surface area contributed by atoms with E-state index in [0.29, 0.717) is 29.9 Å². The zero-order valence-corrected chi connectivity index (χ0v) is 18.3. The first-order valence-corrected chi connectivity index (χ1v) is 12.0. The Morgan fingerprint density at radius 3 is 2.62 bits per heavy atom. The lowest BCUT2D eigenvalue weighted by molar-refractivity contribution is 0.0956. The second kappa shape index (κ2) is 9.77. The predicted octanol–water partition coefficient (Wildman–Crippen LogP) is 1.82. The summed E-state index contributed by atoms with van der Waals surface area (Å²) in [6.07, 6.45) is 6.90. The van der Waals surface area contributed by atoms with Crippen LogP contribution < -0.4 is 5.32 Å². The minimum Gasteiger partial charge on any atom is -0.351 e. The number of nitrogens with one attached hydrogen (secondary N) is 1. The SMILES string of the molecule is O=C(NCCS(=O)(=O)N1CCCC1)c1ccc(-n2cccn2)c(C#Cc2ccccn2)c1. The summed E-state index contributed by atoms with van der Waals surface area (Å²) in [7, 11) is -3.34. The molecule has 3 heterocycles. The van der Waals surface area contributed by atoms with E-state index in [2.05, 4.69) is 27.2 Å². The second-order valence-corrected chi connectivity index (χ2v) is 9.41. The molecule has 3 aromatic rings. The van der Waals surface area contributed by atoms with Crippen LogP contribution >= 0.6 is 0 Å².